The summed E-state index contributed by atoms with van der Waals surface area (Å²) in [5.41, 5.74) is 3.01. The van der Waals surface area contributed by atoms with Gasteiger partial charge in [-0.15, -0.1) is 0 Å². The Hall–Kier alpha value is -2.28. The van der Waals surface area contributed by atoms with Crippen LogP contribution in [0.3, 0.4) is 0 Å². The molecular weight excluding hydrogens is 732 g/mol. The van der Waals surface area contributed by atoms with E-state index in [0.29, 0.717) is 46.5 Å². The van der Waals surface area contributed by atoms with Crippen molar-refractivity contribution in [1.82, 2.24) is 24.9 Å². The van der Waals surface area contributed by atoms with Gasteiger partial charge in [0, 0.05) is 70.4 Å². The minimum atomic E-state index is -3.17. The van der Waals surface area contributed by atoms with E-state index >= 15 is 0 Å². The Balaban J connectivity index is 1.56. The lowest BCUT2D eigenvalue weighted by Gasteiger charge is -2.28. The number of pyridine rings is 1. The van der Waals surface area contributed by atoms with E-state index in [0.717, 1.165) is 41.9 Å². The van der Waals surface area contributed by atoms with Crippen molar-refractivity contribution in [3.63, 3.8) is 0 Å². The lowest BCUT2D eigenvalue weighted by atomic mass is 10.1. The van der Waals surface area contributed by atoms with E-state index in [-0.39, 0.29) is 25.0 Å². The van der Waals surface area contributed by atoms with Gasteiger partial charge in [-0.05, 0) is 65.1 Å². The standard InChI is InChI=1S/C33H48BrFN6O4SSi2/c1-46(42,43)21-33(10-11-33)37-20-29-30(34)32(40(22-44-12-14-47(2,3)4)23-45-13-15-48(5,6)7)41-31(39-29)27(19-38-41)25-16-24-17-26(35)8-9-28(24)36-18-25/h8-9,16-19,37H,10-15,20-23H2,1-7H3. The van der Waals surface area contributed by atoms with Crippen LogP contribution >= 0.6 is 15.9 Å². The molecule has 3 aromatic heterocycles. The number of anilines is 1. The van der Waals surface area contributed by atoms with E-state index in [1.165, 1.54) is 18.4 Å². The summed E-state index contributed by atoms with van der Waals surface area (Å²) < 4.78 is 53.6. The third-order valence-electron chi connectivity index (χ3n) is 8.40. The van der Waals surface area contributed by atoms with Crippen molar-refractivity contribution in [3.05, 3.63) is 52.6 Å². The number of rotatable bonds is 17. The quantitative estimate of drug-likeness (QED) is 0.0693. The maximum absolute atomic E-state index is 14.1. The maximum Gasteiger partial charge on any atom is 0.165 e. The number of aromatic nitrogens is 4. The molecule has 0 atom stereocenters. The summed E-state index contributed by atoms with van der Waals surface area (Å²) in [6.45, 7) is 16.1. The third-order valence-corrected chi connectivity index (χ3v) is 13.7. The Morgan fingerprint density at radius 2 is 1.67 bits per heavy atom. The van der Waals surface area contributed by atoms with Gasteiger partial charge < -0.3 is 19.7 Å². The van der Waals surface area contributed by atoms with Crippen molar-refractivity contribution in [2.24, 2.45) is 0 Å². The van der Waals surface area contributed by atoms with Crippen LogP contribution < -0.4 is 10.2 Å². The van der Waals surface area contributed by atoms with Crippen molar-refractivity contribution in [3.8, 4) is 11.1 Å². The average molecular weight is 780 g/mol. The number of fused-ring (bicyclic) bond motifs is 2. The molecule has 262 valence electrons. The highest BCUT2D eigenvalue weighted by molar-refractivity contribution is 9.10. The van der Waals surface area contributed by atoms with Crippen molar-refractivity contribution < 1.29 is 22.3 Å². The van der Waals surface area contributed by atoms with Crippen LogP contribution in [0.2, 0.25) is 51.4 Å². The predicted molar refractivity (Wildman–Crippen MR) is 200 cm³/mol. The largest absolute Gasteiger partial charge is 0.361 e. The Morgan fingerprint density at radius 3 is 2.25 bits per heavy atom. The summed E-state index contributed by atoms with van der Waals surface area (Å²) in [5, 5.41) is 8.99. The maximum atomic E-state index is 14.1. The molecule has 3 heterocycles. The number of nitrogens with one attached hydrogen (secondary N) is 1. The van der Waals surface area contributed by atoms with Gasteiger partial charge in [-0.1, -0.05) is 39.3 Å². The first-order chi connectivity index (χ1) is 22.4. The molecule has 1 aliphatic rings. The number of hydrogen-bond donors (Lipinski definition) is 1. The number of ether oxygens (including phenoxy) is 2. The molecule has 15 heteroatoms. The zero-order chi connectivity index (χ0) is 34.9. The second-order valence-electron chi connectivity index (χ2n) is 15.5. The topological polar surface area (TPSA) is 111 Å². The van der Waals surface area contributed by atoms with E-state index in [1.807, 2.05) is 11.0 Å². The van der Waals surface area contributed by atoms with Gasteiger partial charge in [-0.3, -0.25) is 4.98 Å². The average Bonchev–Trinajstić information content (AvgIpc) is 3.59. The first-order valence-corrected chi connectivity index (χ1v) is 26.6. The van der Waals surface area contributed by atoms with Crippen LogP contribution in [-0.2, 0) is 25.9 Å². The van der Waals surface area contributed by atoms with Crippen LogP contribution in [0.15, 0.2) is 41.1 Å². The second kappa shape index (κ2) is 14.5. The molecule has 1 saturated carbocycles. The summed E-state index contributed by atoms with van der Waals surface area (Å²) in [5.74, 6) is 0.462. The molecular formula is C33H48BrFN6O4SSi2. The Labute approximate surface area is 293 Å². The van der Waals surface area contributed by atoms with Gasteiger partial charge in [0.25, 0.3) is 0 Å². The minimum absolute atomic E-state index is 0.0754. The molecule has 0 radical (unpaired) electrons. The minimum Gasteiger partial charge on any atom is -0.361 e. The van der Waals surface area contributed by atoms with Gasteiger partial charge in [0.1, 0.15) is 29.1 Å². The smallest absolute Gasteiger partial charge is 0.165 e. The van der Waals surface area contributed by atoms with Gasteiger partial charge in [0.05, 0.1) is 27.6 Å². The molecule has 1 aromatic carbocycles. The van der Waals surface area contributed by atoms with E-state index in [4.69, 9.17) is 19.6 Å². The van der Waals surface area contributed by atoms with E-state index in [1.54, 1.807) is 23.0 Å². The molecule has 4 aromatic rings. The molecule has 0 aliphatic heterocycles. The summed E-state index contributed by atoms with van der Waals surface area (Å²) >= 11 is 3.87. The molecule has 48 heavy (non-hydrogen) atoms. The summed E-state index contributed by atoms with van der Waals surface area (Å²) in [6.07, 6.45) is 6.34. The molecule has 1 aliphatic carbocycles. The normalized spacial score (nSPS) is 15.0. The van der Waals surface area contributed by atoms with Crippen LogP contribution in [0.5, 0.6) is 0 Å². The van der Waals surface area contributed by atoms with Crippen LogP contribution in [0, 0.1) is 5.82 Å². The summed E-state index contributed by atoms with van der Waals surface area (Å²) in [7, 11) is -5.79. The zero-order valence-corrected chi connectivity index (χ0v) is 33.5. The van der Waals surface area contributed by atoms with Crippen molar-refractivity contribution in [2.45, 2.75) is 76.3 Å². The van der Waals surface area contributed by atoms with E-state index < -0.39 is 31.5 Å². The highest BCUT2D eigenvalue weighted by Crippen LogP contribution is 2.39. The van der Waals surface area contributed by atoms with Gasteiger partial charge in [-0.25, -0.2) is 17.8 Å². The van der Waals surface area contributed by atoms with Gasteiger partial charge >= 0.3 is 0 Å². The van der Waals surface area contributed by atoms with Gasteiger partial charge in [-0.2, -0.15) is 9.61 Å². The first-order valence-electron chi connectivity index (χ1n) is 16.4. The SMILES string of the molecule is C[Si](C)(C)CCOCN(COCC[Si](C)(C)C)c1c(Br)c(CNC2(CS(C)(=O)=O)CC2)nc2c(-c3cnc4ccc(F)cc4c3)cnn12. The molecule has 1 N–H and O–H groups in total. The van der Waals surface area contributed by atoms with Crippen LogP contribution in [-0.4, -0.2) is 88.4 Å². The fourth-order valence-corrected chi connectivity index (χ4v) is 8.96. The highest BCUT2D eigenvalue weighted by Gasteiger charge is 2.45. The van der Waals surface area contributed by atoms with Crippen LogP contribution in [0.1, 0.15) is 18.5 Å². The Morgan fingerprint density at radius 1 is 1.02 bits per heavy atom. The monoisotopic (exact) mass is 778 g/mol. The molecule has 1 fully saturated rings. The Kier molecular flexibility index (Phi) is 11.2. The number of sulfone groups is 1. The highest BCUT2D eigenvalue weighted by atomic mass is 79.9. The van der Waals surface area contributed by atoms with Gasteiger partial charge in [0.15, 0.2) is 11.5 Å². The second-order valence-corrected chi connectivity index (χ2v) is 29.7. The molecule has 0 spiro atoms. The number of nitrogens with zero attached hydrogens (tertiary/aromatic N) is 5. The molecule has 5 rings (SSSR count). The van der Waals surface area contributed by atoms with Gasteiger partial charge in [0.2, 0.25) is 0 Å². The lowest BCUT2D eigenvalue weighted by Crippen LogP contribution is -2.38. The fraction of sp³-hybridized carbons (Fsp3) is 0.545. The van der Waals surface area contributed by atoms with Crippen molar-refractivity contribution in [1.29, 1.82) is 0 Å². The lowest BCUT2D eigenvalue weighted by molar-refractivity contribution is 0.0941. The predicted octanol–water partition coefficient (Wildman–Crippen LogP) is 6.94. The van der Waals surface area contributed by atoms with Crippen molar-refractivity contribution in [2.75, 3.05) is 43.6 Å². The first kappa shape index (κ1) is 37.0. The molecule has 0 saturated heterocycles. The zero-order valence-electron chi connectivity index (χ0n) is 29.1. The number of benzene rings is 1. The Bertz CT molecular complexity index is 1850. The van der Waals surface area contributed by atoms with Crippen LogP contribution in [0.4, 0.5) is 10.2 Å². The molecule has 0 amide bonds. The number of hydrogen-bond acceptors (Lipinski definition) is 9. The van der Waals surface area contributed by atoms with Crippen molar-refractivity contribution >= 4 is 64.3 Å². The molecule has 10 nitrogen and oxygen atoms in total. The third kappa shape index (κ3) is 9.91. The van der Waals surface area contributed by atoms with E-state index in [9.17, 15) is 12.8 Å². The summed E-state index contributed by atoms with van der Waals surface area (Å²) in [4.78, 5) is 11.7. The fourth-order valence-electron chi connectivity index (χ4n) is 5.41. The molecule has 0 bridgehead atoms. The van der Waals surface area contributed by atoms with E-state index in [2.05, 4.69) is 65.5 Å². The molecule has 0 unspecified atom stereocenters. The summed E-state index contributed by atoms with van der Waals surface area (Å²) in [6, 6.07) is 8.49. The van der Waals surface area contributed by atoms with Crippen LogP contribution in [0.25, 0.3) is 27.7 Å². The number of halogens is 2.